The fraction of sp³-hybridized carbons (Fsp3) is 0.148. The number of halogens is 1. The van der Waals surface area contributed by atoms with Gasteiger partial charge in [0, 0.05) is 23.9 Å². The highest BCUT2D eigenvalue weighted by molar-refractivity contribution is 7.18. The van der Waals surface area contributed by atoms with Gasteiger partial charge in [-0.15, -0.1) is 5.10 Å². The zero-order chi connectivity index (χ0) is 26.2. The molecule has 0 bridgehead atoms. The quantitative estimate of drug-likeness (QED) is 0.198. The normalized spacial score (nSPS) is 11.3. The van der Waals surface area contributed by atoms with Gasteiger partial charge in [-0.1, -0.05) is 11.6 Å². The van der Waals surface area contributed by atoms with Crippen molar-refractivity contribution in [1.29, 1.82) is 0 Å². The maximum atomic E-state index is 6.31. The minimum Gasteiger partial charge on any atom is -0.497 e. The molecule has 6 aromatic rings. The Morgan fingerprint density at radius 1 is 0.895 bits per heavy atom. The molecule has 9 nitrogen and oxygen atoms in total. The van der Waals surface area contributed by atoms with E-state index in [1.54, 1.807) is 44.3 Å². The third-order valence-electron chi connectivity index (χ3n) is 5.96. The molecule has 0 spiro atoms. The van der Waals surface area contributed by atoms with Crippen LogP contribution in [0, 0.1) is 0 Å². The van der Waals surface area contributed by atoms with Crippen LogP contribution >= 0.6 is 22.9 Å². The summed E-state index contributed by atoms with van der Waals surface area (Å²) in [6, 6.07) is 15.2. The molecule has 0 atom stereocenters. The number of hydrogen-bond donors (Lipinski definition) is 0. The van der Waals surface area contributed by atoms with E-state index in [0.29, 0.717) is 49.6 Å². The smallest absolute Gasteiger partial charge is 0.294 e. The van der Waals surface area contributed by atoms with Crippen molar-refractivity contribution >= 4 is 38.9 Å². The number of furan rings is 1. The van der Waals surface area contributed by atoms with Crippen molar-refractivity contribution in [2.45, 2.75) is 6.61 Å². The predicted molar refractivity (Wildman–Crippen MR) is 145 cm³/mol. The number of benzene rings is 2. The first-order chi connectivity index (χ1) is 18.5. The second-order valence-corrected chi connectivity index (χ2v) is 9.59. The van der Waals surface area contributed by atoms with Gasteiger partial charge in [-0.2, -0.15) is 4.52 Å². The van der Waals surface area contributed by atoms with Crippen LogP contribution in [0.4, 0.5) is 0 Å². The molecule has 2 aromatic carbocycles. The first-order valence-corrected chi connectivity index (χ1v) is 12.7. The maximum Gasteiger partial charge on any atom is 0.294 e. The molecule has 11 heteroatoms. The standard InChI is InChI=1S/C27H21ClN4O5S/c1-33-18-7-15(6-17(8-18)16-4-5-25(28)29-12-16)14-36-22-9-19(34-2)10-23-20(22)11-24(37-23)21-13-30-26-32(21)31-27(35-3)38-26/h4-13H,14H2,1-3H3. The van der Waals surface area contributed by atoms with E-state index in [1.165, 1.54) is 11.3 Å². The molecule has 0 unspecified atom stereocenters. The Morgan fingerprint density at radius 3 is 2.50 bits per heavy atom. The van der Waals surface area contributed by atoms with Crippen LogP contribution in [0.1, 0.15) is 5.56 Å². The minimum atomic E-state index is 0.286. The zero-order valence-corrected chi connectivity index (χ0v) is 22.2. The van der Waals surface area contributed by atoms with Crippen LogP contribution in [0.25, 0.3) is 38.5 Å². The predicted octanol–water partition coefficient (Wildman–Crippen LogP) is 6.52. The lowest BCUT2D eigenvalue weighted by Gasteiger charge is -2.12. The van der Waals surface area contributed by atoms with Crippen LogP contribution in [-0.2, 0) is 6.61 Å². The average Bonchev–Trinajstić information content (AvgIpc) is 3.65. The molecular weight excluding hydrogens is 528 g/mol. The summed E-state index contributed by atoms with van der Waals surface area (Å²) in [6.45, 7) is 0.286. The Morgan fingerprint density at radius 2 is 1.74 bits per heavy atom. The number of imidazole rings is 1. The Labute approximate surface area is 226 Å². The van der Waals surface area contributed by atoms with Crippen molar-refractivity contribution in [1.82, 2.24) is 19.6 Å². The third kappa shape index (κ3) is 4.48. The summed E-state index contributed by atoms with van der Waals surface area (Å²) in [6.07, 6.45) is 3.45. The molecule has 4 heterocycles. The molecule has 4 aromatic heterocycles. The first-order valence-electron chi connectivity index (χ1n) is 11.5. The van der Waals surface area contributed by atoms with Gasteiger partial charge in [0.15, 0.2) is 5.76 Å². The summed E-state index contributed by atoms with van der Waals surface area (Å²) < 4.78 is 30.5. The van der Waals surface area contributed by atoms with Crippen LogP contribution in [0.15, 0.2) is 65.3 Å². The molecule has 0 aliphatic rings. The van der Waals surface area contributed by atoms with Gasteiger partial charge in [-0.25, -0.2) is 9.97 Å². The van der Waals surface area contributed by atoms with E-state index in [-0.39, 0.29) is 6.61 Å². The van der Waals surface area contributed by atoms with Crippen molar-refractivity contribution in [2.24, 2.45) is 0 Å². The summed E-state index contributed by atoms with van der Waals surface area (Å²) >= 11 is 7.31. The van der Waals surface area contributed by atoms with Gasteiger partial charge in [0.1, 0.15) is 40.3 Å². The topological polar surface area (TPSA) is 93.1 Å². The van der Waals surface area contributed by atoms with E-state index in [9.17, 15) is 0 Å². The fourth-order valence-corrected chi connectivity index (χ4v) is 4.91. The monoisotopic (exact) mass is 548 g/mol. The summed E-state index contributed by atoms with van der Waals surface area (Å²) in [5, 5.41) is 6.18. The Balaban J connectivity index is 1.35. The molecule has 0 saturated carbocycles. The fourth-order valence-electron chi connectivity index (χ4n) is 4.11. The molecule has 6 rings (SSSR count). The van der Waals surface area contributed by atoms with Crippen LogP contribution in [0.5, 0.6) is 22.4 Å². The van der Waals surface area contributed by atoms with Crippen molar-refractivity contribution in [3.63, 3.8) is 0 Å². The molecular formula is C27H21ClN4O5S. The number of fused-ring (bicyclic) bond motifs is 2. The van der Waals surface area contributed by atoms with E-state index in [1.807, 2.05) is 42.5 Å². The molecule has 0 radical (unpaired) electrons. The van der Waals surface area contributed by atoms with E-state index < -0.39 is 0 Å². The summed E-state index contributed by atoms with van der Waals surface area (Å²) in [5.41, 5.74) is 4.10. The van der Waals surface area contributed by atoms with E-state index in [2.05, 4.69) is 15.1 Å². The highest BCUT2D eigenvalue weighted by Crippen LogP contribution is 2.38. The van der Waals surface area contributed by atoms with Crippen molar-refractivity contribution in [3.05, 3.63) is 71.6 Å². The Kier molecular flexibility index (Phi) is 6.26. The molecule has 192 valence electrons. The second-order valence-electron chi connectivity index (χ2n) is 8.29. The lowest BCUT2D eigenvalue weighted by Crippen LogP contribution is -1.98. The summed E-state index contributed by atoms with van der Waals surface area (Å²) in [7, 11) is 4.81. The van der Waals surface area contributed by atoms with Gasteiger partial charge < -0.3 is 23.4 Å². The maximum absolute atomic E-state index is 6.31. The largest absolute Gasteiger partial charge is 0.497 e. The van der Waals surface area contributed by atoms with Gasteiger partial charge in [0.05, 0.1) is 32.9 Å². The van der Waals surface area contributed by atoms with E-state index >= 15 is 0 Å². The van der Waals surface area contributed by atoms with Crippen molar-refractivity contribution in [3.8, 4) is 45.0 Å². The lowest BCUT2D eigenvalue weighted by atomic mass is 10.0. The van der Waals surface area contributed by atoms with E-state index in [0.717, 1.165) is 22.1 Å². The molecule has 0 saturated heterocycles. The summed E-state index contributed by atoms with van der Waals surface area (Å²) in [4.78, 5) is 9.31. The van der Waals surface area contributed by atoms with Crippen molar-refractivity contribution in [2.75, 3.05) is 21.3 Å². The molecule has 0 fully saturated rings. The van der Waals surface area contributed by atoms with Gasteiger partial charge in [-0.05, 0) is 58.9 Å². The molecule has 0 amide bonds. The lowest BCUT2D eigenvalue weighted by molar-refractivity contribution is 0.306. The number of methoxy groups -OCH3 is 3. The first kappa shape index (κ1) is 24.1. The number of nitrogens with zero attached hydrogens (tertiary/aromatic N) is 4. The van der Waals surface area contributed by atoms with Gasteiger partial charge >= 0.3 is 0 Å². The van der Waals surface area contributed by atoms with Gasteiger partial charge in [0.2, 0.25) is 4.96 Å². The average molecular weight is 549 g/mol. The van der Waals surface area contributed by atoms with Crippen LogP contribution in [0.3, 0.4) is 0 Å². The molecule has 0 aliphatic carbocycles. The molecule has 0 aliphatic heterocycles. The third-order valence-corrected chi connectivity index (χ3v) is 7.07. The number of pyridine rings is 1. The number of hydrogen-bond acceptors (Lipinski definition) is 9. The van der Waals surface area contributed by atoms with Crippen LogP contribution in [-0.4, -0.2) is 40.9 Å². The summed E-state index contributed by atoms with van der Waals surface area (Å²) in [5.74, 6) is 2.53. The molecule has 0 N–H and O–H groups in total. The SMILES string of the molecule is COc1cc(COc2cc(OC)cc3oc(-c4cnc5sc(OC)nn45)cc23)cc(-c2ccc(Cl)nc2)c1. The minimum absolute atomic E-state index is 0.286. The van der Waals surface area contributed by atoms with Gasteiger partial charge in [-0.3, -0.25) is 0 Å². The Hall–Kier alpha value is -4.28. The number of rotatable bonds is 8. The molecule has 38 heavy (non-hydrogen) atoms. The highest BCUT2D eigenvalue weighted by atomic mass is 35.5. The van der Waals surface area contributed by atoms with Crippen LogP contribution < -0.4 is 18.9 Å². The highest BCUT2D eigenvalue weighted by Gasteiger charge is 2.18. The second kappa shape index (κ2) is 9.88. The number of ether oxygens (including phenoxy) is 4. The Bertz CT molecular complexity index is 1760. The van der Waals surface area contributed by atoms with Gasteiger partial charge in [0.25, 0.3) is 5.19 Å². The zero-order valence-electron chi connectivity index (χ0n) is 20.6. The van der Waals surface area contributed by atoms with E-state index in [4.69, 9.17) is 35.0 Å². The number of aromatic nitrogens is 4. The van der Waals surface area contributed by atoms with Crippen molar-refractivity contribution < 1.29 is 23.4 Å². The van der Waals surface area contributed by atoms with Crippen LogP contribution in [0.2, 0.25) is 5.15 Å².